The molecule has 2 aromatic carbocycles. The maximum atomic E-state index is 13.2. The van der Waals surface area contributed by atoms with E-state index in [1.54, 1.807) is 12.1 Å². The van der Waals surface area contributed by atoms with E-state index in [4.69, 9.17) is 0 Å². The van der Waals surface area contributed by atoms with Crippen LogP contribution in [0.4, 0.5) is 4.39 Å². The molecule has 0 aliphatic carbocycles. The smallest absolute Gasteiger partial charge is 0.137 e. The van der Waals surface area contributed by atoms with Crippen LogP contribution in [0.1, 0.15) is 16.0 Å². The molecule has 0 radical (unpaired) electrons. The highest BCUT2D eigenvalue weighted by atomic mass is 79.9. The van der Waals surface area contributed by atoms with Crippen molar-refractivity contribution >= 4 is 63.7 Å². The lowest BCUT2D eigenvalue weighted by Gasteiger charge is -2.12. The summed E-state index contributed by atoms with van der Waals surface area (Å²) in [6.07, 6.45) is 0. The van der Waals surface area contributed by atoms with Gasteiger partial charge in [0, 0.05) is 8.95 Å². The standard InChI is InChI=1S/C13H7Br4F/c14-9-3-8(4-10(15)6-9)13(17)7-1-2-12(18)11(16)5-7/h1-6,13H. The molecule has 0 nitrogen and oxygen atoms in total. The Morgan fingerprint density at radius 1 is 0.833 bits per heavy atom. The van der Waals surface area contributed by atoms with E-state index in [1.807, 2.05) is 18.2 Å². The predicted molar refractivity (Wildman–Crippen MR) is 86.7 cm³/mol. The second-order valence-corrected chi connectivity index (χ2v) is 7.34. The van der Waals surface area contributed by atoms with Crippen LogP contribution in [0.15, 0.2) is 49.8 Å². The molecule has 0 saturated heterocycles. The van der Waals surface area contributed by atoms with E-state index >= 15 is 0 Å². The van der Waals surface area contributed by atoms with Crippen LogP contribution in [0.2, 0.25) is 0 Å². The topological polar surface area (TPSA) is 0 Å². The van der Waals surface area contributed by atoms with Crippen LogP contribution in [0.3, 0.4) is 0 Å². The van der Waals surface area contributed by atoms with Crippen molar-refractivity contribution in [3.8, 4) is 0 Å². The van der Waals surface area contributed by atoms with Gasteiger partial charge in [-0.15, -0.1) is 0 Å². The summed E-state index contributed by atoms with van der Waals surface area (Å²) in [6.45, 7) is 0. The number of halogens is 5. The summed E-state index contributed by atoms with van der Waals surface area (Å²) in [5.41, 5.74) is 2.09. The molecule has 18 heavy (non-hydrogen) atoms. The van der Waals surface area contributed by atoms with Crippen LogP contribution in [0.5, 0.6) is 0 Å². The van der Waals surface area contributed by atoms with Gasteiger partial charge in [0.1, 0.15) is 5.82 Å². The molecule has 2 rings (SSSR count). The third-order valence-electron chi connectivity index (χ3n) is 2.41. The van der Waals surface area contributed by atoms with Gasteiger partial charge in [-0.2, -0.15) is 0 Å². The summed E-state index contributed by atoms with van der Waals surface area (Å²) in [4.78, 5) is 0.0169. The molecule has 0 bridgehead atoms. The van der Waals surface area contributed by atoms with Gasteiger partial charge in [-0.25, -0.2) is 4.39 Å². The van der Waals surface area contributed by atoms with E-state index in [9.17, 15) is 4.39 Å². The molecule has 0 saturated carbocycles. The molecule has 0 heterocycles. The van der Waals surface area contributed by atoms with Gasteiger partial charge in [0.2, 0.25) is 0 Å². The van der Waals surface area contributed by atoms with Gasteiger partial charge in [0.25, 0.3) is 0 Å². The number of benzene rings is 2. The molecule has 1 unspecified atom stereocenters. The SMILES string of the molecule is Fc1ccc(C(Br)c2cc(Br)cc(Br)c2)cc1Br. The third-order valence-corrected chi connectivity index (χ3v) is 4.99. The highest BCUT2D eigenvalue weighted by molar-refractivity contribution is 9.11. The molecule has 0 aliphatic rings. The van der Waals surface area contributed by atoms with Gasteiger partial charge in [0.15, 0.2) is 0 Å². The van der Waals surface area contributed by atoms with Gasteiger partial charge in [0.05, 0.1) is 9.30 Å². The molecule has 1 atom stereocenters. The van der Waals surface area contributed by atoms with Crippen LogP contribution < -0.4 is 0 Å². The zero-order chi connectivity index (χ0) is 13.3. The molecular formula is C13H7Br4F. The summed E-state index contributed by atoms with van der Waals surface area (Å²) < 4.78 is 15.7. The molecule has 0 aromatic heterocycles. The summed E-state index contributed by atoms with van der Waals surface area (Å²) >= 11 is 13.8. The van der Waals surface area contributed by atoms with Crippen molar-refractivity contribution in [3.05, 3.63) is 66.8 Å². The quantitative estimate of drug-likeness (QED) is 0.407. The van der Waals surface area contributed by atoms with Crippen molar-refractivity contribution in [2.75, 3.05) is 0 Å². The van der Waals surface area contributed by atoms with E-state index in [2.05, 4.69) is 63.7 Å². The first-order chi connectivity index (χ1) is 8.47. The lowest BCUT2D eigenvalue weighted by Crippen LogP contribution is -1.94. The van der Waals surface area contributed by atoms with Crippen molar-refractivity contribution in [1.82, 2.24) is 0 Å². The van der Waals surface area contributed by atoms with Crippen LogP contribution in [0.25, 0.3) is 0 Å². The number of hydrogen-bond donors (Lipinski definition) is 0. The van der Waals surface area contributed by atoms with Gasteiger partial charge < -0.3 is 0 Å². The van der Waals surface area contributed by atoms with E-state index in [0.717, 1.165) is 20.1 Å². The molecule has 0 amide bonds. The van der Waals surface area contributed by atoms with Gasteiger partial charge in [-0.3, -0.25) is 0 Å². The molecule has 0 spiro atoms. The fraction of sp³-hybridized carbons (Fsp3) is 0.0769. The molecular weight excluding hydrogens is 495 g/mol. The monoisotopic (exact) mass is 498 g/mol. The largest absolute Gasteiger partial charge is 0.206 e. The van der Waals surface area contributed by atoms with Gasteiger partial charge >= 0.3 is 0 Å². The fourth-order valence-corrected chi connectivity index (χ4v) is 3.86. The normalized spacial score (nSPS) is 12.5. The van der Waals surface area contributed by atoms with Gasteiger partial charge in [-0.05, 0) is 57.4 Å². The summed E-state index contributed by atoms with van der Waals surface area (Å²) in [6, 6.07) is 11.0. The summed E-state index contributed by atoms with van der Waals surface area (Å²) in [7, 11) is 0. The summed E-state index contributed by atoms with van der Waals surface area (Å²) in [5.74, 6) is -0.256. The Labute approximate surface area is 138 Å². The molecule has 0 N–H and O–H groups in total. The van der Waals surface area contributed by atoms with E-state index < -0.39 is 0 Å². The Balaban J connectivity index is 2.40. The summed E-state index contributed by atoms with van der Waals surface area (Å²) in [5, 5.41) is 0. The number of alkyl halides is 1. The first-order valence-electron chi connectivity index (χ1n) is 5.02. The predicted octanol–water partition coefficient (Wildman–Crippen LogP) is 6.60. The average molecular weight is 502 g/mol. The number of rotatable bonds is 2. The third kappa shape index (κ3) is 3.44. The average Bonchev–Trinajstić information content (AvgIpc) is 2.30. The Bertz CT molecular complexity index is 563. The first kappa shape index (κ1) is 14.7. The van der Waals surface area contributed by atoms with E-state index in [1.165, 1.54) is 6.07 Å². The van der Waals surface area contributed by atoms with E-state index in [-0.39, 0.29) is 10.6 Å². The van der Waals surface area contributed by atoms with Crippen LogP contribution in [-0.2, 0) is 0 Å². The molecule has 0 aliphatic heterocycles. The first-order valence-corrected chi connectivity index (χ1v) is 8.32. The zero-order valence-electron chi connectivity index (χ0n) is 8.93. The second kappa shape index (κ2) is 6.16. The van der Waals surface area contributed by atoms with Crippen molar-refractivity contribution in [2.45, 2.75) is 4.83 Å². The Morgan fingerprint density at radius 2 is 1.44 bits per heavy atom. The second-order valence-electron chi connectivity index (χ2n) is 3.74. The van der Waals surface area contributed by atoms with Crippen molar-refractivity contribution in [3.63, 3.8) is 0 Å². The molecule has 5 heteroatoms. The maximum absolute atomic E-state index is 13.2. The Morgan fingerprint density at radius 3 is 2.00 bits per heavy atom. The van der Waals surface area contributed by atoms with Crippen LogP contribution in [0, 0.1) is 5.82 Å². The van der Waals surface area contributed by atoms with Crippen molar-refractivity contribution < 1.29 is 4.39 Å². The minimum Gasteiger partial charge on any atom is -0.206 e. The van der Waals surface area contributed by atoms with E-state index in [0.29, 0.717) is 4.47 Å². The Hall–Kier alpha value is 0.290. The molecule has 0 fully saturated rings. The molecule has 2 aromatic rings. The van der Waals surface area contributed by atoms with Crippen LogP contribution in [-0.4, -0.2) is 0 Å². The van der Waals surface area contributed by atoms with Crippen molar-refractivity contribution in [1.29, 1.82) is 0 Å². The zero-order valence-corrected chi connectivity index (χ0v) is 15.3. The minimum absolute atomic E-state index is 0.0169. The fourth-order valence-electron chi connectivity index (χ4n) is 1.58. The minimum atomic E-state index is -0.256. The highest BCUT2D eigenvalue weighted by Crippen LogP contribution is 2.35. The lowest BCUT2D eigenvalue weighted by atomic mass is 10.1. The van der Waals surface area contributed by atoms with Gasteiger partial charge in [-0.1, -0.05) is 53.9 Å². The molecule has 94 valence electrons. The van der Waals surface area contributed by atoms with Crippen LogP contribution >= 0.6 is 63.7 Å². The highest BCUT2D eigenvalue weighted by Gasteiger charge is 2.13. The lowest BCUT2D eigenvalue weighted by molar-refractivity contribution is 0.620. The van der Waals surface area contributed by atoms with Crippen molar-refractivity contribution in [2.24, 2.45) is 0 Å². The number of hydrogen-bond acceptors (Lipinski definition) is 0. The Kier molecular flexibility index (Phi) is 5.03. The maximum Gasteiger partial charge on any atom is 0.137 e.